The summed E-state index contributed by atoms with van der Waals surface area (Å²) in [4.78, 5) is 36.0. The van der Waals surface area contributed by atoms with Crippen LogP contribution in [-0.2, 0) is 24.4 Å². The van der Waals surface area contributed by atoms with Gasteiger partial charge in [0.1, 0.15) is 28.3 Å². The molecule has 4 saturated carbocycles. The van der Waals surface area contributed by atoms with Gasteiger partial charge in [0.05, 0.1) is 6.10 Å². The van der Waals surface area contributed by atoms with Crippen LogP contribution in [0.15, 0.2) is 48.5 Å². The van der Waals surface area contributed by atoms with E-state index in [0.717, 1.165) is 60.0 Å². The normalized spacial score (nSPS) is 28.9. The van der Waals surface area contributed by atoms with Crippen LogP contribution in [0.25, 0.3) is 0 Å². The number of benzene rings is 2. The molecule has 4 aliphatic carbocycles. The molecule has 6 rings (SSSR count). The Morgan fingerprint density at radius 1 is 0.635 bits per heavy atom. The van der Waals surface area contributed by atoms with Crippen molar-refractivity contribution in [2.24, 2.45) is 46.3 Å². The first-order valence-corrected chi connectivity index (χ1v) is 24.0. The van der Waals surface area contributed by atoms with Crippen molar-refractivity contribution in [1.29, 1.82) is 0 Å². The third-order valence-electron chi connectivity index (χ3n) is 15.2. The predicted molar refractivity (Wildman–Crippen MR) is 249 cm³/mol. The molecule has 9 nitrogen and oxygen atoms in total. The van der Waals surface area contributed by atoms with Crippen LogP contribution in [0.2, 0.25) is 0 Å². The maximum absolute atomic E-state index is 12.3. The summed E-state index contributed by atoms with van der Waals surface area (Å²) in [6.45, 7) is 28.4. The van der Waals surface area contributed by atoms with Gasteiger partial charge in [0.2, 0.25) is 0 Å². The fourth-order valence-corrected chi connectivity index (χ4v) is 12.2. The van der Waals surface area contributed by atoms with Gasteiger partial charge in [-0.25, -0.2) is 9.59 Å². The number of rotatable bonds is 8. The number of hydrogen-bond acceptors (Lipinski definition) is 9. The second-order valence-corrected chi connectivity index (χ2v) is 23.6. The van der Waals surface area contributed by atoms with Crippen molar-refractivity contribution in [1.82, 2.24) is 0 Å². The van der Waals surface area contributed by atoms with Gasteiger partial charge in [0, 0.05) is 11.8 Å². The molecule has 1 N–H and O–H groups in total. The predicted octanol–water partition coefficient (Wildman–Crippen LogP) is 13.8. The van der Waals surface area contributed by atoms with E-state index in [1.165, 1.54) is 51.4 Å². The molecule has 63 heavy (non-hydrogen) atoms. The van der Waals surface area contributed by atoms with Crippen molar-refractivity contribution in [2.45, 2.75) is 202 Å². The standard InChI is InChI=1S/C29H50O3.C25H32O6/c1-19(9-14-26(31)32-27(2,3)4)23-12-13-25-22-11-10-20-18-21(30)15-17-28(20,5)24(22)8-7-16-29(23,25)6;1-23(2,3)30-21(26)28-19-13-9-17(10-14-19)25(7,8)18-11-15-20(16-12-18)29-22(27)31-24(4,5)6/h19-25,30H,7-18H2,1-6H3;9-16H,1-8H3. The zero-order valence-electron chi connectivity index (χ0n) is 41.4. The molecule has 0 saturated heterocycles. The van der Waals surface area contributed by atoms with E-state index in [2.05, 4.69) is 34.6 Å². The first-order chi connectivity index (χ1) is 29.1. The van der Waals surface area contributed by atoms with Gasteiger partial charge in [-0.15, -0.1) is 0 Å². The molecular formula is C54H82O9. The number of fused-ring (bicyclic) bond motifs is 5. The molecule has 9 unspecified atom stereocenters. The van der Waals surface area contributed by atoms with E-state index in [0.29, 0.717) is 34.7 Å². The molecule has 0 spiro atoms. The SMILES string of the molecule is CC(C)(C)OC(=O)Oc1ccc(C(C)(C)c2ccc(OC(=O)OC(C)(C)C)cc2)cc1.CC(CCC(=O)OC(C)(C)C)C1CCC2C3CCC4CC(O)CCC4(C)C3CCCC12C. The second-order valence-electron chi connectivity index (χ2n) is 23.6. The van der Waals surface area contributed by atoms with Crippen LogP contribution in [0, 0.1) is 46.3 Å². The summed E-state index contributed by atoms with van der Waals surface area (Å²) >= 11 is 0. The number of aliphatic hydroxyl groups excluding tert-OH is 1. The number of ether oxygens (including phenoxy) is 5. The molecule has 2 aromatic carbocycles. The third-order valence-corrected chi connectivity index (χ3v) is 15.2. The Bertz CT molecular complexity index is 1770. The molecule has 9 atom stereocenters. The van der Waals surface area contributed by atoms with Crippen molar-refractivity contribution in [3.63, 3.8) is 0 Å². The minimum atomic E-state index is -0.736. The van der Waals surface area contributed by atoms with Gasteiger partial charge in [-0.2, -0.15) is 0 Å². The Balaban J connectivity index is 0.000000238. The summed E-state index contributed by atoms with van der Waals surface area (Å²) in [6.07, 6.45) is 12.9. The first-order valence-electron chi connectivity index (χ1n) is 24.0. The maximum atomic E-state index is 12.3. The zero-order valence-corrected chi connectivity index (χ0v) is 41.4. The smallest absolute Gasteiger partial charge is 0.460 e. The summed E-state index contributed by atoms with van der Waals surface area (Å²) in [6, 6.07) is 14.6. The van der Waals surface area contributed by atoms with Gasteiger partial charge in [-0.3, -0.25) is 4.79 Å². The lowest BCUT2D eigenvalue weighted by Crippen LogP contribution is -2.50. The van der Waals surface area contributed by atoms with Gasteiger partial charge in [0.15, 0.2) is 0 Å². The topological polar surface area (TPSA) is 118 Å². The van der Waals surface area contributed by atoms with E-state index in [1.807, 2.05) is 45.0 Å². The van der Waals surface area contributed by atoms with E-state index in [-0.39, 0.29) is 23.1 Å². The van der Waals surface area contributed by atoms with Gasteiger partial charge < -0.3 is 28.8 Å². The Morgan fingerprint density at radius 2 is 1.13 bits per heavy atom. The van der Waals surface area contributed by atoms with Crippen molar-refractivity contribution in [3.05, 3.63) is 59.7 Å². The van der Waals surface area contributed by atoms with E-state index < -0.39 is 23.5 Å². The van der Waals surface area contributed by atoms with E-state index >= 15 is 0 Å². The fourth-order valence-electron chi connectivity index (χ4n) is 12.2. The third kappa shape index (κ3) is 13.0. The lowest BCUT2D eigenvalue weighted by atomic mass is 9.49. The molecule has 0 amide bonds. The van der Waals surface area contributed by atoms with Crippen LogP contribution in [0.1, 0.15) is 185 Å². The van der Waals surface area contributed by atoms with E-state index in [1.54, 1.807) is 65.8 Å². The zero-order chi connectivity index (χ0) is 46.8. The van der Waals surface area contributed by atoms with E-state index in [4.69, 9.17) is 23.7 Å². The summed E-state index contributed by atoms with van der Waals surface area (Å²) in [5.74, 6) is 5.45. The first kappa shape index (κ1) is 50.4. The molecule has 0 radical (unpaired) electrons. The number of esters is 1. The average Bonchev–Trinajstić information content (AvgIpc) is 3.41. The molecule has 9 heteroatoms. The highest BCUT2D eigenvalue weighted by molar-refractivity contribution is 5.69. The van der Waals surface area contributed by atoms with Crippen LogP contribution in [0.4, 0.5) is 9.59 Å². The molecular weight excluding hydrogens is 793 g/mol. The molecule has 4 aliphatic rings. The summed E-state index contributed by atoms with van der Waals surface area (Å²) in [5, 5.41) is 10.3. The number of aliphatic hydroxyl groups is 1. The molecule has 352 valence electrons. The van der Waals surface area contributed by atoms with Crippen molar-refractivity contribution in [3.8, 4) is 11.5 Å². The molecule has 2 aromatic rings. The van der Waals surface area contributed by atoms with Crippen LogP contribution in [0.3, 0.4) is 0 Å². The molecule has 0 heterocycles. The monoisotopic (exact) mass is 875 g/mol. The van der Waals surface area contributed by atoms with Crippen LogP contribution >= 0.6 is 0 Å². The lowest BCUT2D eigenvalue weighted by molar-refractivity contribution is -0.155. The molecule has 4 fully saturated rings. The van der Waals surface area contributed by atoms with Crippen molar-refractivity contribution >= 4 is 18.3 Å². The number of carbonyl (C=O) groups excluding carboxylic acids is 3. The minimum absolute atomic E-state index is 0.0317. The Kier molecular flexibility index (Phi) is 15.6. The quantitative estimate of drug-likeness (QED) is 0.157. The fraction of sp³-hybridized carbons (Fsp3) is 0.722. The van der Waals surface area contributed by atoms with Crippen LogP contribution < -0.4 is 9.47 Å². The highest BCUT2D eigenvalue weighted by atomic mass is 16.7. The van der Waals surface area contributed by atoms with Gasteiger partial charge in [-0.1, -0.05) is 65.3 Å². The Morgan fingerprint density at radius 3 is 1.62 bits per heavy atom. The average molecular weight is 875 g/mol. The summed E-state index contributed by atoms with van der Waals surface area (Å²) < 4.78 is 26.4. The number of carbonyl (C=O) groups is 3. The highest BCUT2D eigenvalue weighted by Crippen LogP contribution is 2.66. The molecule has 0 bridgehead atoms. The summed E-state index contributed by atoms with van der Waals surface area (Å²) in [7, 11) is 0. The maximum Gasteiger partial charge on any atom is 0.514 e. The highest BCUT2D eigenvalue weighted by Gasteiger charge is 2.59. The minimum Gasteiger partial charge on any atom is -0.460 e. The van der Waals surface area contributed by atoms with E-state index in [9.17, 15) is 19.5 Å². The molecule has 0 aromatic heterocycles. The van der Waals surface area contributed by atoms with Crippen molar-refractivity contribution < 1.29 is 43.2 Å². The Hall–Kier alpha value is -3.59. The lowest BCUT2D eigenvalue weighted by Gasteiger charge is -2.56. The van der Waals surface area contributed by atoms with Crippen molar-refractivity contribution in [2.75, 3.05) is 0 Å². The summed E-state index contributed by atoms with van der Waals surface area (Å²) in [5.41, 5.74) is 1.02. The van der Waals surface area contributed by atoms with Gasteiger partial charge in [0.25, 0.3) is 0 Å². The Labute approximate surface area is 380 Å². The largest absolute Gasteiger partial charge is 0.514 e. The number of hydrogen-bond donors (Lipinski definition) is 1. The van der Waals surface area contributed by atoms with Gasteiger partial charge >= 0.3 is 18.3 Å². The van der Waals surface area contributed by atoms with Crippen LogP contribution in [-0.4, -0.2) is 46.3 Å². The van der Waals surface area contributed by atoms with Gasteiger partial charge in [-0.05, 0) is 208 Å². The van der Waals surface area contributed by atoms with Crippen LogP contribution in [0.5, 0.6) is 11.5 Å². The second kappa shape index (κ2) is 19.5. The molecule has 0 aliphatic heterocycles.